The van der Waals surface area contributed by atoms with E-state index in [1.54, 1.807) is 6.07 Å². The number of amides is 2. The number of nitrogens with two attached hydrogens (primary N) is 1. The fourth-order valence-corrected chi connectivity index (χ4v) is 5.06. The minimum Gasteiger partial charge on any atom is -0.368 e. The number of rotatable bonds is 3. The van der Waals surface area contributed by atoms with Crippen molar-refractivity contribution < 1.29 is 14.4 Å². The highest BCUT2D eigenvalue weighted by Gasteiger charge is 2.36. The highest BCUT2D eigenvalue weighted by molar-refractivity contribution is 6.00. The van der Waals surface area contributed by atoms with Crippen molar-refractivity contribution in [1.29, 1.82) is 0 Å². The van der Waals surface area contributed by atoms with E-state index in [4.69, 9.17) is 5.73 Å². The third-order valence-electron chi connectivity index (χ3n) is 6.60. The van der Waals surface area contributed by atoms with E-state index in [2.05, 4.69) is 4.90 Å². The van der Waals surface area contributed by atoms with Crippen LogP contribution < -0.4 is 5.73 Å². The van der Waals surface area contributed by atoms with Gasteiger partial charge in [0, 0.05) is 36.7 Å². The molecule has 0 bridgehead atoms. The SMILES string of the molecule is NC(=O)C1CCCN1C1CCN(C(=O)c2ccc3c(c2)CCCCC3=O)CC1. The summed E-state index contributed by atoms with van der Waals surface area (Å²) < 4.78 is 0. The predicted octanol–water partition coefficient (Wildman–Crippen LogP) is 2.15. The summed E-state index contributed by atoms with van der Waals surface area (Å²) in [5, 5.41) is 0. The van der Waals surface area contributed by atoms with Crippen LogP contribution in [0.2, 0.25) is 0 Å². The second-order valence-corrected chi connectivity index (χ2v) is 8.32. The van der Waals surface area contributed by atoms with Gasteiger partial charge in [-0.25, -0.2) is 0 Å². The lowest BCUT2D eigenvalue weighted by molar-refractivity contribution is -0.123. The molecule has 0 saturated carbocycles. The van der Waals surface area contributed by atoms with Crippen LogP contribution >= 0.6 is 0 Å². The Bertz CT molecular complexity index is 783. The van der Waals surface area contributed by atoms with Gasteiger partial charge >= 0.3 is 0 Å². The molecule has 1 atom stereocenters. The van der Waals surface area contributed by atoms with Crippen molar-refractivity contribution in [2.75, 3.05) is 19.6 Å². The number of carbonyl (C=O) groups excluding carboxylic acids is 3. The van der Waals surface area contributed by atoms with Crippen LogP contribution in [0.5, 0.6) is 0 Å². The summed E-state index contributed by atoms with van der Waals surface area (Å²) in [5.74, 6) is 0.0169. The molecule has 2 amide bonds. The molecule has 3 aliphatic rings. The van der Waals surface area contributed by atoms with Gasteiger partial charge in [0.25, 0.3) is 5.91 Å². The molecule has 2 fully saturated rings. The van der Waals surface area contributed by atoms with Crippen LogP contribution in [0.4, 0.5) is 0 Å². The molecule has 1 aromatic rings. The van der Waals surface area contributed by atoms with Crippen LogP contribution in [0.1, 0.15) is 71.2 Å². The Balaban J connectivity index is 1.41. The van der Waals surface area contributed by atoms with Crippen LogP contribution in [-0.4, -0.2) is 59.1 Å². The van der Waals surface area contributed by atoms with Crippen molar-refractivity contribution in [3.05, 3.63) is 34.9 Å². The number of Topliss-reactive ketones (excluding diaryl/α,β-unsaturated/α-hetero) is 1. The molecular weight excluding hydrogens is 354 g/mol. The molecule has 0 spiro atoms. The molecule has 6 heteroatoms. The summed E-state index contributed by atoms with van der Waals surface area (Å²) in [7, 11) is 0. The molecule has 1 unspecified atom stereocenters. The van der Waals surface area contributed by atoms with Crippen molar-refractivity contribution >= 4 is 17.6 Å². The van der Waals surface area contributed by atoms with E-state index >= 15 is 0 Å². The summed E-state index contributed by atoms with van der Waals surface area (Å²) in [4.78, 5) is 41.0. The summed E-state index contributed by atoms with van der Waals surface area (Å²) in [6.07, 6.45) is 7.01. The highest BCUT2D eigenvalue weighted by atomic mass is 16.2. The van der Waals surface area contributed by atoms with E-state index in [-0.39, 0.29) is 23.6 Å². The van der Waals surface area contributed by atoms with Crippen LogP contribution in [-0.2, 0) is 11.2 Å². The summed E-state index contributed by atoms with van der Waals surface area (Å²) in [6.45, 7) is 2.31. The highest BCUT2D eigenvalue weighted by Crippen LogP contribution is 2.27. The summed E-state index contributed by atoms with van der Waals surface area (Å²) in [6, 6.07) is 5.75. The number of benzene rings is 1. The van der Waals surface area contributed by atoms with E-state index in [1.807, 2.05) is 17.0 Å². The van der Waals surface area contributed by atoms with Gasteiger partial charge in [0.05, 0.1) is 6.04 Å². The number of fused-ring (bicyclic) bond motifs is 1. The van der Waals surface area contributed by atoms with Crippen LogP contribution in [0.15, 0.2) is 18.2 Å². The van der Waals surface area contributed by atoms with E-state index in [1.165, 1.54) is 0 Å². The molecule has 1 aliphatic carbocycles. The van der Waals surface area contributed by atoms with Gasteiger partial charge in [-0.15, -0.1) is 0 Å². The first-order valence-electron chi connectivity index (χ1n) is 10.5. The number of hydrogen-bond acceptors (Lipinski definition) is 4. The molecule has 0 aromatic heterocycles. The molecule has 2 aliphatic heterocycles. The molecule has 2 N–H and O–H groups in total. The number of piperidine rings is 1. The number of nitrogens with zero attached hydrogens (tertiary/aromatic N) is 2. The van der Waals surface area contributed by atoms with Gasteiger partial charge in [-0.1, -0.05) is 6.07 Å². The summed E-state index contributed by atoms with van der Waals surface area (Å²) in [5.41, 5.74) is 8.05. The summed E-state index contributed by atoms with van der Waals surface area (Å²) >= 11 is 0. The number of likely N-dealkylation sites (tertiary alicyclic amines) is 2. The number of primary amides is 1. The zero-order valence-corrected chi connectivity index (χ0v) is 16.4. The number of ketones is 1. The average Bonchev–Trinajstić information content (AvgIpc) is 3.13. The maximum atomic E-state index is 13.0. The minimum atomic E-state index is -0.226. The van der Waals surface area contributed by atoms with Crippen LogP contribution in [0.25, 0.3) is 0 Å². The second-order valence-electron chi connectivity index (χ2n) is 8.32. The Morgan fingerprint density at radius 3 is 2.46 bits per heavy atom. The Morgan fingerprint density at radius 1 is 0.964 bits per heavy atom. The lowest BCUT2D eigenvalue weighted by Crippen LogP contribution is -2.51. The fraction of sp³-hybridized carbons (Fsp3) is 0.591. The molecule has 0 radical (unpaired) electrons. The van der Waals surface area contributed by atoms with E-state index in [0.717, 1.165) is 62.6 Å². The smallest absolute Gasteiger partial charge is 0.253 e. The van der Waals surface area contributed by atoms with Crippen molar-refractivity contribution in [2.24, 2.45) is 5.73 Å². The number of hydrogen-bond donors (Lipinski definition) is 1. The Labute approximate surface area is 166 Å². The monoisotopic (exact) mass is 383 g/mol. The fourth-order valence-electron chi connectivity index (χ4n) is 5.06. The molecule has 2 saturated heterocycles. The van der Waals surface area contributed by atoms with Gasteiger partial charge in [-0.05, 0) is 69.2 Å². The van der Waals surface area contributed by atoms with E-state index in [0.29, 0.717) is 31.1 Å². The third kappa shape index (κ3) is 3.70. The van der Waals surface area contributed by atoms with Gasteiger partial charge in [-0.2, -0.15) is 0 Å². The quantitative estimate of drug-likeness (QED) is 0.811. The maximum Gasteiger partial charge on any atom is 0.253 e. The van der Waals surface area contributed by atoms with Gasteiger partial charge < -0.3 is 10.6 Å². The normalized spacial score (nSPS) is 24.1. The van der Waals surface area contributed by atoms with Crippen molar-refractivity contribution in [3.8, 4) is 0 Å². The second kappa shape index (κ2) is 8.03. The van der Waals surface area contributed by atoms with Gasteiger partial charge in [0.2, 0.25) is 5.91 Å². The first-order chi connectivity index (χ1) is 13.5. The minimum absolute atomic E-state index is 0.0471. The maximum absolute atomic E-state index is 13.0. The van der Waals surface area contributed by atoms with Crippen molar-refractivity contribution in [1.82, 2.24) is 9.80 Å². The van der Waals surface area contributed by atoms with Gasteiger partial charge in [0.15, 0.2) is 5.78 Å². The first kappa shape index (κ1) is 19.1. The van der Waals surface area contributed by atoms with Gasteiger partial charge in [0.1, 0.15) is 0 Å². The first-order valence-corrected chi connectivity index (χ1v) is 10.5. The van der Waals surface area contributed by atoms with E-state index in [9.17, 15) is 14.4 Å². The molecule has 1 aromatic carbocycles. The molecule has 2 heterocycles. The molecule has 4 rings (SSSR count). The molecule has 150 valence electrons. The zero-order chi connectivity index (χ0) is 19.7. The van der Waals surface area contributed by atoms with E-state index < -0.39 is 0 Å². The average molecular weight is 383 g/mol. The van der Waals surface area contributed by atoms with Crippen molar-refractivity contribution in [3.63, 3.8) is 0 Å². The Kier molecular flexibility index (Phi) is 5.49. The lowest BCUT2D eigenvalue weighted by atomic mass is 9.97. The molecule has 6 nitrogen and oxygen atoms in total. The number of carbonyl (C=O) groups is 3. The topological polar surface area (TPSA) is 83.7 Å². The van der Waals surface area contributed by atoms with Gasteiger partial charge in [-0.3, -0.25) is 19.3 Å². The van der Waals surface area contributed by atoms with Crippen LogP contribution in [0, 0.1) is 0 Å². The third-order valence-corrected chi connectivity index (χ3v) is 6.60. The standard InChI is InChI=1S/C22H29N3O3/c23-21(27)19-5-3-11-25(19)17-9-12-24(13-10-17)22(28)16-7-8-18-15(14-16)4-1-2-6-20(18)26/h7-8,14,17,19H,1-6,9-13H2,(H2,23,27). The Hall–Kier alpha value is -2.21. The lowest BCUT2D eigenvalue weighted by Gasteiger charge is -2.38. The molecular formula is C22H29N3O3. The predicted molar refractivity (Wildman–Crippen MR) is 106 cm³/mol. The number of aryl methyl sites for hydroxylation is 1. The Morgan fingerprint density at radius 2 is 1.71 bits per heavy atom. The van der Waals surface area contributed by atoms with Crippen molar-refractivity contribution in [2.45, 2.75) is 63.5 Å². The van der Waals surface area contributed by atoms with Crippen LogP contribution in [0.3, 0.4) is 0 Å². The zero-order valence-electron chi connectivity index (χ0n) is 16.4. The largest absolute Gasteiger partial charge is 0.368 e. The molecule has 28 heavy (non-hydrogen) atoms.